The third-order valence-electron chi connectivity index (χ3n) is 2.98. The second kappa shape index (κ2) is 6.04. The Morgan fingerprint density at radius 1 is 1.48 bits per heavy atom. The van der Waals surface area contributed by atoms with Crippen molar-refractivity contribution in [3.05, 3.63) is 27.1 Å². The molecule has 2 N–H and O–H groups in total. The molecule has 0 unspecified atom stereocenters. The average molecular weight is 309 g/mol. The molecule has 1 amide bonds. The van der Waals surface area contributed by atoms with Gasteiger partial charge in [-0.3, -0.25) is 14.2 Å². The third kappa shape index (κ3) is 2.94. The molecule has 0 atom stereocenters. The van der Waals surface area contributed by atoms with Crippen molar-refractivity contribution < 1.29 is 14.3 Å². The predicted molar refractivity (Wildman–Crippen MR) is 78.4 cm³/mol. The second-order valence-electron chi connectivity index (χ2n) is 4.42. The number of rotatable bonds is 5. The Hall–Kier alpha value is -2.22. The summed E-state index contributed by atoms with van der Waals surface area (Å²) in [6, 6.07) is 0. The molecule has 2 heterocycles. The van der Waals surface area contributed by atoms with E-state index >= 15 is 0 Å². The van der Waals surface area contributed by atoms with E-state index in [4.69, 9.17) is 10.5 Å². The molecule has 0 aliphatic carbocycles. The predicted octanol–water partition coefficient (Wildman–Crippen LogP) is 0.819. The molecule has 0 aliphatic rings. The number of thiophene rings is 1. The number of hydrogen-bond donors (Lipinski definition) is 1. The van der Waals surface area contributed by atoms with Crippen LogP contribution in [0.1, 0.15) is 28.6 Å². The van der Waals surface area contributed by atoms with Crippen LogP contribution in [0.15, 0.2) is 11.1 Å². The summed E-state index contributed by atoms with van der Waals surface area (Å²) in [5.74, 6) is -0.947. The van der Waals surface area contributed by atoms with E-state index in [9.17, 15) is 14.4 Å². The van der Waals surface area contributed by atoms with Crippen LogP contribution in [0.2, 0.25) is 0 Å². The topological polar surface area (TPSA) is 104 Å². The molecular weight excluding hydrogens is 294 g/mol. The van der Waals surface area contributed by atoms with Gasteiger partial charge in [0, 0.05) is 13.0 Å². The highest BCUT2D eigenvalue weighted by atomic mass is 32.1. The van der Waals surface area contributed by atoms with Crippen molar-refractivity contribution >= 4 is 33.4 Å². The van der Waals surface area contributed by atoms with Crippen LogP contribution < -0.4 is 11.3 Å². The van der Waals surface area contributed by atoms with Crippen LogP contribution in [0.25, 0.3) is 10.2 Å². The number of ether oxygens (including phenoxy) is 1. The van der Waals surface area contributed by atoms with Gasteiger partial charge in [0.1, 0.15) is 9.71 Å². The lowest BCUT2D eigenvalue weighted by atomic mass is 10.2. The molecule has 2 aromatic rings. The molecule has 0 radical (unpaired) electrons. The van der Waals surface area contributed by atoms with Gasteiger partial charge in [-0.2, -0.15) is 0 Å². The lowest BCUT2D eigenvalue weighted by molar-refractivity contribution is -0.118. The number of carbonyl (C=O) groups excluding carboxylic acids is 2. The van der Waals surface area contributed by atoms with Crippen molar-refractivity contribution in [2.75, 3.05) is 6.61 Å². The Labute approximate surface area is 124 Å². The summed E-state index contributed by atoms with van der Waals surface area (Å²) in [6.45, 7) is 3.84. The van der Waals surface area contributed by atoms with Crippen molar-refractivity contribution in [1.29, 1.82) is 0 Å². The van der Waals surface area contributed by atoms with Gasteiger partial charge in [0.15, 0.2) is 0 Å². The Morgan fingerprint density at radius 2 is 2.19 bits per heavy atom. The minimum absolute atomic E-state index is 0.0566. The molecule has 0 aromatic carbocycles. The summed E-state index contributed by atoms with van der Waals surface area (Å²) in [5.41, 5.74) is 5.34. The molecule has 0 spiro atoms. The van der Waals surface area contributed by atoms with E-state index in [1.54, 1.807) is 13.8 Å². The summed E-state index contributed by atoms with van der Waals surface area (Å²) >= 11 is 1.13. The first-order valence-corrected chi connectivity index (χ1v) is 7.21. The van der Waals surface area contributed by atoms with E-state index in [1.165, 1.54) is 10.9 Å². The maximum atomic E-state index is 12.4. The summed E-state index contributed by atoms with van der Waals surface area (Å²) < 4.78 is 6.28. The molecular formula is C13H15N3O4S. The van der Waals surface area contributed by atoms with Crippen molar-refractivity contribution in [3.8, 4) is 0 Å². The van der Waals surface area contributed by atoms with Crippen LogP contribution in [0.5, 0.6) is 0 Å². The number of amides is 1. The SMILES string of the molecule is CCOC(=O)c1sc2ncn(CCC(N)=O)c(=O)c2c1C. The van der Waals surface area contributed by atoms with Gasteiger partial charge in [-0.1, -0.05) is 0 Å². The molecule has 0 bridgehead atoms. The van der Waals surface area contributed by atoms with Gasteiger partial charge < -0.3 is 10.5 Å². The highest BCUT2D eigenvalue weighted by Crippen LogP contribution is 2.27. The number of fused-ring (bicyclic) bond motifs is 1. The molecule has 112 valence electrons. The van der Waals surface area contributed by atoms with Crippen LogP contribution in [-0.2, 0) is 16.1 Å². The van der Waals surface area contributed by atoms with E-state index in [0.717, 1.165) is 11.3 Å². The quantitative estimate of drug-likeness (QED) is 0.823. The number of aryl methyl sites for hydroxylation is 2. The van der Waals surface area contributed by atoms with Crippen molar-refractivity contribution in [2.24, 2.45) is 5.73 Å². The monoisotopic (exact) mass is 309 g/mol. The fourth-order valence-electron chi connectivity index (χ4n) is 1.94. The Morgan fingerprint density at radius 3 is 2.81 bits per heavy atom. The van der Waals surface area contributed by atoms with Gasteiger partial charge in [-0.15, -0.1) is 11.3 Å². The second-order valence-corrected chi connectivity index (χ2v) is 5.42. The molecule has 2 aromatic heterocycles. The number of esters is 1. The number of nitrogens with zero attached hydrogens (tertiary/aromatic N) is 2. The number of carbonyl (C=O) groups is 2. The summed E-state index contributed by atoms with van der Waals surface area (Å²) in [5, 5.41) is 0.384. The summed E-state index contributed by atoms with van der Waals surface area (Å²) in [7, 11) is 0. The number of nitrogens with two attached hydrogens (primary N) is 1. The number of primary amides is 1. The lowest BCUT2D eigenvalue weighted by Gasteiger charge is -2.03. The van der Waals surface area contributed by atoms with Crippen LogP contribution in [-0.4, -0.2) is 28.0 Å². The zero-order valence-corrected chi connectivity index (χ0v) is 12.5. The van der Waals surface area contributed by atoms with E-state index in [1.807, 2.05) is 0 Å². The normalized spacial score (nSPS) is 10.8. The number of hydrogen-bond acceptors (Lipinski definition) is 6. The van der Waals surface area contributed by atoms with E-state index in [0.29, 0.717) is 20.7 Å². The van der Waals surface area contributed by atoms with Crippen LogP contribution in [0.3, 0.4) is 0 Å². The van der Waals surface area contributed by atoms with E-state index in [-0.39, 0.29) is 25.1 Å². The van der Waals surface area contributed by atoms with Crippen LogP contribution in [0, 0.1) is 6.92 Å². The number of aromatic nitrogens is 2. The summed E-state index contributed by atoms with van der Waals surface area (Å²) in [4.78, 5) is 40.1. The van der Waals surface area contributed by atoms with Crippen LogP contribution in [0.4, 0.5) is 0 Å². The minimum Gasteiger partial charge on any atom is -0.462 e. The Bertz CT molecular complexity index is 763. The average Bonchev–Trinajstić information content (AvgIpc) is 2.76. The van der Waals surface area contributed by atoms with E-state index < -0.39 is 11.9 Å². The first-order chi connectivity index (χ1) is 9.95. The Balaban J connectivity index is 2.50. The lowest BCUT2D eigenvalue weighted by Crippen LogP contribution is -2.23. The Kier molecular flexibility index (Phi) is 4.37. The molecule has 7 nitrogen and oxygen atoms in total. The molecule has 0 fully saturated rings. The van der Waals surface area contributed by atoms with Crippen molar-refractivity contribution in [2.45, 2.75) is 26.8 Å². The molecule has 21 heavy (non-hydrogen) atoms. The summed E-state index contributed by atoms with van der Waals surface area (Å²) in [6.07, 6.45) is 1.42. The molecule has 2 rings (SSSR count). The smallest absolute Gasteiger partial charge is 0.348 e. The zero-order chi connectivity index (χ0) is 15.6. The zero-order valence-electron chi connectivity index (χ0n) is 11.7. The van der Waals surface area contributed by atoms with Gasteiger partial charge in [0.05, 0.1) is 18.3 Å². The van der Waals surface area contributed by atoms with E-state index in [2.05, 4.69) is 4.98 Å². The van der Waals surface area contributed by atoms with Crippen LogP contribution >= 0.6 is 11.3 Å². The van der Waals surface area contributed by atoms with Crippen molar-refractivity contribution in [1.82, 2.24) is 9.55 Å². The fourth-order valence-corrected chi connectivity index (χ4v) is 2.97. The standard InChI is InChI=1S/C13H15N3O4S/c1-3-20-13(19)10-7(2)9-11(21-10)15-6-16(12(9)18)5-4-8(14)17/h6H,3-5H2,1-2H3,(H2,14,17). The maximum absolute atomic E-state index is 12.4. The fraction of sp³-hybridized carbons (Fsp3) is 0.385. The highest BCUT2D eigenvalue weighted by Gasteiger charge is 2.20. The van der Waals surface area contributed by atoms with Gasteiger partial charge in [-0.05, 0) is 19.4 Å². The largest absolute Gasteiger partial charge is 0.462 e. The molecule has 8 heteroatoms. The first-order valence-electron chi connectivity index (χ1n) is 6.39. The molecule has 0 aliphatic heterocycles. The van der Waals surface area contributed by atoms with Gasteiger partial charge in [-0.25, -0.2) is 9.78 Å². The van der Waals surface area contributed by atoms with Gasteiger partial charge >= 0.3 is 5.97 Å². The third-order valence-corrected chi connectivity index (χ3v) is 4.16. The van der Waals surface area contributed by atoms with Gasteiger partial charge in [0.25, 0.3) is 5.56 Å². The molecule has 0 saturated heterocycles. The first kappa shape index (κ1) is 15.2. The maximum Gasteiger partial charge on any atom is 0.348 e. The minimum atomic E-state index is -0.490. The molecule has 0 saturated carbocycles. The highest BCUT2D eigenvalue weighted by molar-refractivity contribution is 7.20. The van der Waals surface area contributed by atoms with Gasteiger partial charge in [0.2, 0.25) is 5.91 Å². The van der Waals surface area contributed by atoms with Crippen molar-refractivity contribution in [3.63, 3.8) is 0 Å².